The number of aromatic nitrogens is 2. The Hall–Kier alpha value is -4.18. The van der Waals surface area contributed by atoms with Crippen LogP contribution in [0.2, 0.25) is 0 Å². The van der Waals surface area contributed by atoms with Gasteiger partial charge in [-0.05, 0) is 76.5 Å². The molecule has 1 aromatic carbocycles. The molecule has 9 nitrogen and oxygen atoms in total. The second-order valence-corrected chi connectivity index (χ2v) is 13.0. The Morgan fingerprint density at radius 3 is 2.53 bits per heavy atom. The van der Waals surface area contributed by atoms with E-state index in [4.69, 9.17) is 9.47 Å². The minimum atomic E-state index is -1.22. The van der Waals surface area contributed by atoms with E-state index in [-0.39, 0.29) is 24.3 Å². The highest BCUT2D eigenvalue weighted by Crippen LogP contribution is 2.42. The van der Waals surface area contributed by atoms with Crippen molar-refractivity contribution in [2.24, 2.45) is 5.41 Å². The lowest BCUT2D eigenvalue weighted by Crippen LogP contribution is -2.40. The predicted molar refractivity (Wildman–Crippen MR) is 173 cm³/mol. The third-order valence-electron chi connectivity index (χ3n) is 8.23. The molecule has 1 fully saturated rings. The minimum Gasteiger partial charge on any atom is -0.489 e. The zero-order valence-corrected chi connectivity index (χ0v) is 27.0. The van der Waals surface area contributed by atoms with Crippen molar-refractivity contribution in [2.75, 3.05) is 24.6 Å². The summed E-state index contributed by atoms with van der Waals surface area (Å²) in [5.41, 5.74) is 2.79. The number of carbonyl (C=O) groups is 2. The summed E-state index contributed by atoms with van der Waals surface area (Å²) in [6, 6.07) is 5.83. The maximum Gasteiger partial charge on any atom is 0.337 e. The van der Waals surface area contributed by atoms with Gasteiger partial charge < -0.3 is 24.8 Å². The van der Waals surface area contributed by atoms with Gasteiger partial charge in [-0.15, -0.1) is 6.58 Å². The molecule has 0 spiro atoms. The lowest BCUT2D eigenvalue weighted by molar-refractivity contribution is -0.160. The summed E-state index contributed by atoms with van der Waals surface area (Å²) < 4.78 is 27.2. The molecule has 1 amide bonds. The lowest BCUT2D eigenvalue weighted by atomic mass is 9.76. The molecule has 4 rings (SSSR count). The number of fused-ring (bicyclic) bond motifs is 1. The second-order valence-electron chi connectivity index (χ2n) is 13.0. The van der Waals surface area contributed by atoms with E-state index >= 15 is 0 Å². The van der Waals surface area contributed by atoms with E-state index in [2.05, 4.69) is 35.4 Å². The zero-order chi connectivity index (χ0) is 32.9. The number of benzene rings is 1. The van der Waals surface area contributed by atoms with Gasteiger partial charge in [-0.2, -0.15) is 5.10 Å². The fourth-order valence-corrected chi connectivity index (χ4v) is 5.80. The van der Waals surface area contributed by atoms with E-state index in [1.165, 1.54) is 12.1 Å². The third-order valence-corrected chi connectivity index (χ3v) is 8.23. The van der Waals surface area contributed by atoms with Gasteiger partial charge in [0.2, 0.25) is 0 Å². The molecule has 3 heterocycles. The van der Waals surface area contributed by atoms with E-state index < -0.39 is 29.4 Å². The largest absolute Gasteiger partial charge is 0.489 e. The molecule has 1 aliphatic rings. The summed E-state index contributed by atoms with van der Waals surface area (Å²) in [4.78, 5) is 28.3. The first kappa shape index (κ1) is 33.7. The summed E-state index contributed by atoms with van der Waals surface area (Å²) in [6.45, 7) is 18.9. The molecule has 10 heteroatoms. The first-order valence-corrected chi connectivity index (χ1v) is 15.3. The van der Waals surface area contributed by atoms with Crippen LogP contribution in [0.4, 0.5) is 10.1 Å². The highest BCUT2D eigenvalue weighted by molar-refractivity contribution is 5.95. The van der Waals surface area contributed by atoms with Crippen molar-refractivity contribution in [3.63, 3.8) is 0 Å². The lowest BCUT2D eigenvalue weighted by Gasteiger charge is -2.42. The molecule has 0 bridgehead atoms. The standard InChI is InChI=1S/C35H45FN4O5/c1-8-10-13-35(7)14-16-39(17-15-35)30-27-20-26(32(41)37-21-24-11-12-25(36)19-28(24)44-18-9-2)38-40(27)22-23(3)29(30)31(33(42)43)45-34(4,5)6/h8-9,11-12,19-20,22,31H,1-2,10,13-18,21H2,3-7H3,(H,37,41)(H,42,43). The van der Waals surface area contributed by atoms with Gasteiger partial charge in [0.1, 0.15) is 18.2 Å². The summed E-state index contributed by atoms with van der Waals surface area (Å²) in [5, 5.41) is 17.8. The van der Waals surface area contributed by atoms with Crippen LogP contribution in [0, 0.1) is 18.2 Å². The molecule has 1 aliphatic heterocycles. The maximum atomic E-state index is 13.8. The quantitative estimate of drug-likeness (QED) is 0.203. The number of aryl methyl sites for hydroxylation is 1. The number of halogens is 1. The molecule has 0 radical (unpaired) electrons. The van der Waals surface area contributed by atoms with Crippen molar-refractivity contribution < 1.29 is 28.6 Å². The van der Waals surface area contributed by atoms with Crippen LogP contribution in [-0.2, 0) is 16.1 Å². The van der Waals surface area contributed by atoms with Gasteiger partial charge in [0.25, 0.3) is 5.91 Å². The number of carboxylic acids is 1. The molecular weight excluding hydrogens is 575 g/mol. The van der Waals surface area contributed by atoms with Gasteiger partial charge in [0, 0.05) is 43.0 Å². The topological polar surface area (TPSA) is 105 Å². The number of anilines is 1. The zero-order valence-electron chi connectivity index (χ0n) is 27.0. The molecular formula is C35H45FN4O5. The first-order chi connectivity index (χ1) is 21.2. The highest BCUT2D eigenvalue weighted by Gasteiger charge is 2.36. The van der Waals surface area contributed by atoms with Gasteiger partial charge >= 0.3 is 5.97 Å². The monoisotopic (exact) mass is 620 g/mol. The molecule has 3 aromatic rings. The number of carbonyl (C=O) groups excluding carboxylic acids is 1. The number of aliphatic carboxylic acids is 1. The number of ether oxygens (including phenoxy) is 2. The van der Waals surface area contributed by atoms with Crippen molar-refractivity contribution >= 4 is 23.1 Å². The number of hydrogen-bond donors (Lipinski definition) is 2. The van der Waals surface area contributed by atoms with Crippen LogP contribution in [-0.4, -0.2) is 51.9 Å². The summed E-state index contributed by atoms with van der Waals surface area (Å²) in [5.74, 6) is -1.65. The van der Waals surface area contributed by atoms with Crippen molar-refractivity contribution in [1.29, 1.82) is 0 Å². The van der Waals surface area contributed by atoms with Crippen molar-refractivity contribution in [2.45, 2.75) is 78.6 Å². The Bertz CT molecular complexity index is 1570. The van der Waals surface area contributed by atoms with Crippen molar-refractivity contribution in [3.05, 3.63) is 84.0 Å². The van der Waals surface area contributed by atoms with Crippen LogP contribution >= 0.6 is 0 Å². The minimum absolute atomic E-state index is 0.0898. The number of piperidine rings is 1. The van der Waals surface area contributed by atoms with Gasteiger partial charge in [-0.25, -0.2) is 13.7 Å². The molecule has 0 aliphatic carbocycles. The summed E-state index contributed by atoms with van der Waals surface area (Å²) in [7, 11) is 0. The number of amides is 1. The Balaban J connectivity index is 1.73. The highest BCUT2D eigenvalue weighted by atomic mass is 19.1. The fourth-order valence-electron chi connectivity index (χ4n) is 5.80. The summed E-state index contributed by atoms with van der Waals surface area (Å²) in [6.07, 6.45) is 7.86. The Morgan fingerprint density at radius 2 is 1.91 bits per heavy atom. The molecule has 2 aromatic heterocycles. The van der Waals surface area contributed by atoms with Crippen LogP contribution in [0.15, 0.2) is 55.8 Å². The Morgan fingerprint density at radius 1 is 1.20 bits per heavy atom. The van der Waals surface area contributed by atoms with Gasteiger partial charge in [-0.3, -0.25) is 4.79 Å². The SMILES string of the molecule is C=CCCC1(C)CCN(c2c(C(OC(C)(C)C)C(=O)O)c(C)cn3nc(C(=O)NCc4ccc(F)cc4OCC=C)cc23)CC1. The van der Waals surface area contributed by atoms with Gasteiger partial charge in [-0.1, -0.05) is 31.7 Å². The number of hydrogen-bond acceptors (Lipinski definition) is 6. The van der Waals surface area contributed by atoms with Crippen LogP contribution in [0.3, 0.4) is 0 Å². The van der Waals surface area contributed by atoms with Crippen molar-refractivity contribution in [3.8, 4) is 5.75 Å². The average Bonchev–Trinajstić information content (AvgIpc) is 3.40. The van der Waals surface area contributed by atoms with E-state index in [1.807, 2.05) is 33.8 Å². The number of nitrogens with one attached hydrogen (secondary N) is 1. The second kappa shape index (κ2) is 13.9. The van der Waals surface area contributed by atoms with Gasteiger partial charge in [0.15, 0.2) is 11.8 Å². The van der Waals surface area contributed by atoms with E-state index in [1.54, 1.807) is 28.9 Å². The molecule has 2 N–H and O–H groups in total. The van der Waals surface area contributed by atoms with Crippen LogP contribution < -0.4 is 15.0 Å². The third kappa shape index (κ3) is 8.11. The Labute approximate surface area is 264 Å². The number of nitrogens with zero attached hydrogens (tertiary/aromatic N) is 3. The molecule has 1 atom stereocenters. The number of allylic oxidation sites excluding steroid dienone is 1. The average molecular weight is 621 g/mol. The first-order valence-electron chi connectivity index (χ1n) is 15.3. The number of rotatable bonds is 13. The summed E-state index contributed by atoms with van der Waals surface area (Å²) >= 11 is 0. The molecule has 1 unspecified atom stereocenters. The van der Waals surface area contributed by atoms with E-state index in [0.29, 0.717) is 46.7 Å². The maximum absolute atomic E-state index is 13.8. The number of carboxylic acid groups (broad SMARTS) is 1. The molecule has 0 saturated carbocycles. The molecule has 45 heavy (non-hydrogen) atoms. The van der Waals surface area contributed by atoms with Crippen LogP contribution in [0.1, 0.15) is 86.7 Å². The Kier molecular flexibility index (Phi) is 10.4. The van der Waals surface area contributed by atoms with Gasteiger partial charge in [0.05, 0.1) is 16.8 Å². The smallest absolute Gasteiger partial charge is 0.337 e. The van der Waals surface area contributed by atoms with Crippen LogP contribution in [0.5, 0.6) is 5.75 Å². The van der Waals surface area contributed by atoms with E-state index in [9.17, 15) is 19.1 Å². The fraction of sp³-hybridized carbons (Fsp3) is 0.457. The number of pyridine rings is 1. The predicted octanol–water partition coefficient (Wildman–Crippen LogP) is 6.79. The van der Waals surface area contributed by atoms with E-state index in [0.717, 1.165) is 25.7 Å². The normalized spacial score (nSPS) is 15.5. The van der Waals surface area contributed by atoms with Crippen molar-refractivity contribution in [1.82, 2.24) is 14.9 Å². The molecule has 242 valence electrons. The molecule has 1 saturated heterocycles. The van der Waals surface area contributed by atoms with Crippen LogP contribution in [0.25, 0.3) is 5.52 Å².